The Balaban J connectivity index is 2.32. The Hall–Kier alpha value is -2.65. The molecule has 2 aromatic rings. The highest BCUT2D eigenvalue weighted by Gasteiger charge is 2.27. The lowest BCUT2D eigenvalue weighted by Crippen LogP contribution is -2.31. The fraction of sp³-hybridized carbons (Fsp3) is 0.222. The van der Waals surface area contributed by atoms with Crippen LogP contribution in [0, 0.1) is 11.6 Å². The first-order chi connectivity index (χ1) is 12.7. The summed E-state index contributed by atoms with van der Waals surface area (Å²) in [5.74, 6) is 4.71. The van der Waals surface area contributed by atoms with Crippen molar-refractivity contribution in [3.63, 3.8) is 0 Å². The Morgan fingerprint density at radius 1 is 1.19 bits per heavy atom. The highest BCUT2D eigenvalue weighted by molar-refractivity contribution is 5.78. The van der Waals surface area contributed by atoms with Crippen molar-refractivity contribution in [2.24, 2.45) is 5.84 Å². The van der Waals surface area contributed by atoms with Crippen molar-refractivity contribution >= 4 is 11.4 Å². The number of benzene rings is 2. The summed E-state index contributed by atoms with van der Waals surface area (Å²) in [7, 11) is 1.57. The Labute approximate surface area is 153 Å². The van der Waals surface area contributed by atoms with Gasteiger partial charge in [0.2, 0.25) is 0 Å². The zero-order valence-corrected chi connectivity index (χ0v) is 14.4. The van der Waals surface area contributed by atoms with E-state index in [1.165, 1.54) is 30.5 Å². The lowest BCUT2D eigenvalue weighted by atomic mass is 10.1. The van der Waals surface area contributed by atoms with Gasteiger partial charge >= 0.3 is 6.18 Å². The summed E-state index contributed by atoms with van der Waals surface area (Å²) in [6.45, 7) is -1.89. The normalized spacial score (nSPS) is 12.2. The van der Waals surface area contributed by atoms with Gasteiger partial charge in [0.15, 0.2) is 0 Å². The maximum atomic E-state index is 14.0. The van der Waals surface area contributed by atoms with Crippen LogP contribution in [0.2, 0.25) is 0 Å². The number of halogens is 5. The number of ether oxygens (including phenoxy) is 1. The van der Waals surface area contributed by atoms with Gasteiger partial charge in [-0.1, -0.05) is 12.1 Å². The van der Waals surface area contributed by atoms with Crippen molar-refractivity contribution in [2.75, 3.05) is 18.7 Å². The van der Waals surface area contributed by atoms with E-state index in [0.717, 1.165) is 17.1 Å². The molecule has 0 aliphatic heterocycles. The van der Waals surface area contributed by atoms with Crippen LogP contribution in [0.5, 0.6) is 0 Å². The number of nitrogens with one attached hydrogen (secondary N) is 1. The van der Waals surface area contributed by atoms with E-state index in [1.807, 2.05) is 0 Å². The second kappa shape index (κ2) is 8.83. The van der Waals surface area contributed by atoms with Crippen LogP contribution in [0.3, 0.4) is 0 Å². The summed E-state index contributed by atoms with van der Waals surface area (Å²) in [6.07, 6.45) is -3.06. The third-order valence-corrected chi connectivity index (χ3v) is 3.44. The summed E-state index contributed by atoms with van der Waals surface area (Å²) < 4.78 is 69.2. The quantitative estimate of drug-likeness (QED) is 0.429. The third kappa shape index (κ3) is 5.93. The number of nitrogens with two attached hydrogens (primary N) is 1. The lowest BCUT2D eigenvalue weighted by Gasteiger charge is -2.23. The first kappa shape index (κ1) is 20.7. The van der Waals surface area contributed by atoms with Gasteiger partial charge in [-0.15, -0.1) is 0 Å². The van der Waals surface area contributed by atoms with E-state index in [4.69, 9.17) is 5.84 Å². The molecule has 146 valence electrons. The van der Waals surface area contributed by atoms with Crippen LogP contribution in [0.25, 0.3) is 5.70 Å². The number of hydrazine groups is 1. The largest absolute Gasteiger partial charge is 0.411 e. The summed E-state index contributed by atoms with van der Waals surface area (Å²) in [5, 5.41) is 3.74. The first-order valence-electron chi connectivity index (χ1n) is 7.82. The van der Waals surface area contributed by atoms with E-state index in [9.17, 15) is 22.0 Å². The molecule has 0 radical (unpaired) electrons. The Kier molecular flexibility index (Phi) is 6.75. The molecule has 27 heavy (non-hydrogen) atoms. The molecule has 0 saturated carbocycles. The lowest BCUT2D eigenvalue weighted by molar-refractivity contribution is -0.176. The van der Waals surface area contributed by atoms with Gasteiger partial charge in [-0.3, -0.25) is 5.01 Å². The number of rotatable bonds is 7. The summed E-state index contributed by atoms with van der Waals surface area (Å²) in [6, 6.07) is 9.34. The van der Waals surface area contributed by atoms with Gasteiger partial charge < -0.3 is 10.1 Å². The van der Waals surface area contributed by atoms with E-state index in [-0.39, 0.29) is 22.5 Å². The minimum absolute atomic E-state index is 0.0399. The van der Waals surface area contributed by atoms with Gasteiger partial charge in [-0.2, -0.15) is 13.2 Å². The van der Waals surface area contributed by atoms with Gasteiger partial charge in [0.1, 0.15) is 18.2 Å². The van der Waals surface area contributed by atoms with Crippen molar-refractivity contribution in [2.45, 2.75) is 12.8 Å². The van der Waals surface area contributed by atoms with Crippen molar-refractivity contribution in [1.82, 2.24) is 5.32 Å². The van der Waals surface area contributed by atoms with Crippen LogP contribution in [0.15, 0.2) is 48.7 Å². The number of para-hydroxylation sites is 1. The number of hydrogen-bond donors (Lipinski definition) is 2. The molecule has 9 heteroatoms. The maximum absolute atomic E-state index is 14.0. The molecule has 0 unspecified atom stereocenters. The minimum Gasteiger partial charge on any atom is -0.392 e. The molecule has 0 saturated heterocycles. The number of hydrogen-bond acceptors (Lipinski definition) is 4. The highest BCUT2D eigenvalue weighted by atomic mass is 19.4. The topological polar surface area (TPSA) is 50.5 Å². The zero-order valence-electron chi connectivity index (χ0n) is 14.4. The minimum atomic E-state index is -4.48. The third-order valence-electron chi connectivity index (χ3n) is 3.44. The second-order valence-electron chi connectivity index (χ2n) is 5.60. The molecule has 2 rings (SSSR count). The zero-order chi connectivity index (χ0) is 20.0. The molecule has 0 aliphatic rings. The molecular weight excluding hydrogens is 369 g/mol. The van der Waals surface area contributed by atoms with E-state index in [2.05, 4.69) is 10.1 Å². The molecule has 0 heterocycles. The number of alkyl halides is 3. The van der Waals surface area contributed by atoms with Crippen LogP contribution in [-0.4, -0.2) is 19.8 Å². The number of nitrogens with zero attached hydrogens (tertiary/aromatic N) is 1. The Bertz CT molecular complexity index is 808. The smallest absolute Gasteiger partial charge is 0.392 e. The van der Waals surface area contributed by atoms with Gasteiger partial charge in [0.25, 0.3) is 0 Å². The predicted molar refractivity (Wildman–Crippen MR) is 92.2 cm³/mol. The highest BCUT2D eigenvalue weighted by Crippen LogP contribution is 2.27. The molecular formula is C18H18F5N3O. The van der Waals surface area contributed by atoms with Gasteiger partial charge in [0.05, 0.1) is 18.0 Å². The monoisotopic (exact) mass is 387 g/mol. The van der Waals surface area contributed by atoms with Crippen LogP contribution in [-0.2, 0) is 11.3 Å². The first-order valence-corrected chi connectivity index (χ1v) is 7.82. The number of anilines is 1. The molecule has 0 aromatic heterocycles. The van der Waals surface area contributed by atoms with E-state index in [1.54, 1.807) is 13.1 Å². The Morgan fingerprint density at radius 2 is 1.89 bits per heavy atom. The average molecular weight is 387 g/mol. The van der Waals surface area contributed by atoms with Crippen LogP contribution < -0.4 is 16.2 Å². The molecule has 2 aromatic carbocycles. The molecule has 0 spiro atoms. The fourth-order valence-electron chi connectivity index (χ4n) is 2.37. The van der Waals surface area contributed by atoms with Gasteiger partial charge in [-0.25, -0.2) is 14.6 Å². The maximum Gasteiger partial charge on any atom is 0.411 e. The van der Waals surface area contributed by atoms with Crippen LogP contribution in [0.1, 0.15) is 11.1 Å². The second-order valence-corrected chi connectivity index (χ2v) is 5.60. The van der Waals surface area contributed by atoms with E-state index < -0.39 is 31.0 Å². The summed E-state index contributed by atoms with van der Waals surface area (Å²) in [4.78, 5) is 0. The summed E-state index contributed by atoms with van der Waals surface area (Å²) in [5.41, 5.74) is 0.663. The van der Waals surface area contributed by atoms with Crippen molar-refractivity contribution in [3.05, 3.63) is 71.4 Å². The fourth-order valence-corrected chi connectivity index (χ4v) is 2.37. The van der Waals surface area contributed by atoms with Gasteiger partial charge in [0, 0.05) is 18.8 Å². The predicted octanol–water partition coefficient (Wildman–Crippen LogP) is 3.94. The standard InChI is InChI=1S/C18H18F5N3O/c1-25-9-17(26(24)16-5-3-2-4-15(16)20)13-6-12(7-14(19)8-13)10-27-11-18(21,22)23/h2-9,25H,10-11,24H2,1H3/b17-9-. The molecule has 0 aliphatic carbocycles. The van der Waals surface area contributed by atoms with Crippen molar-refractivity contribution < 1.29 is 26.7 Å². The van der Waals surface area contributed by atoms with Crippen molar-refractivity contribution in [3.8, 4) is 0 Å². The van der Waals surface area contributed by atoms with E-state index in [0.29, 0.717) is 0 Å². The molecule has 0 fully saturated rings. The Morgan fingerprint density at radius 3 is 2.52 bits per heavy atom. The average Bonchev–Trinajstić information content (AvgIpc) is 2.58. The van der Waals surface area contributed by atoms with Crippen molar-refractivity contribution in [1.29, 1.82) is 0 Å². The van der Waals surface area contributed by atoms with E-state index >= 15 is 0 Å². The molecule has 0 bridgehead atoms. The molecule has 0 amide bonds. The molecule has 4 nitrogen and oxygen atoms in total. The summed E-state index contributed by atoms with van der Waals surface area (Å²) >= 11 is 0. The molecule has 0 atom stereocenters. The molecule has 3 N–H and O–H groups in total. The van der Waals surface area contributed by atoms with Crippen LogP contribution in [0.4, 0.5) is 27.6 Å². The van der Waals surface area contributed by atoms with Gasteiger partial charge in [-0.05, 0) is 35.9 Å². The van der Waals surface area contributed by atoms with Crippen LogP contribution >= 0.6 is 0 Å². The SMILES string of the molecule is CN/C=C(/c1cc(F)cc(COCC(F)(F)F)c1)N(N)c1ccccc1F.